The van der Waals surface area contributed by atoms with Gasteiger partial charge in [-0.15, -0.1) is 0 Å². The number of carbonyl (C=O) groups is 2. The minimum Gasteiger partial charge on any atom is -0.497 e. The summed E-state index contributed by atoms with van der Waals surface area (Å²) >= 11 is 0. The van der Waals surface area contributed by atoms with Crippen molar-refractivity contribution in [1.82, 2.24) is 5.32 Å². The van der Waals surface area contributed by atoms with Crippen molar-refractivity contribution in [2.45, 2.75) is 25.8 Å². The van der Waals surface area contributed by atoms with E-state index in [2.05, 4.69) is 10.6 Å². The van der Waals surface area contributed by atoms with E-state index in [9.17, 15) is 9.59 Å². The SMILES string of the molecule is COc1ccc(CNC(=O)C(=O)Nc2ccc3c(c2)CCC3)cc1. The van der Waals surface area contributed by atoms with E-state index in [1.54, 1.807) is 7.11 Å². The molecule has 3 rings (SSSR count). The monoisotopic (exact) mass is 324 g/mol. The molecule has 0 fully saturated rings. The van der Waals surface area contributed by atoms with Gasteiger partial charge in [-0.1, -0.05) is 18.2 Å². The fourth-order valence-electron chi connectivity index (χ4n) is 2.84. The number of hydrogen-bond acceptors (Lipinski definition) is 3. The van der Waals surface area contributed by atoms with Crippen LogP contribution in [0.4, 0.5) is 5.69 Å². The Kier molecular flexibility index (Phi) is 4.79. The zero-order chi connectivity index (χ0) is 16.9. The van der Waals surface area contributed by atoms with E-state index in [4.69, 9.17) is 4.74 Å². The van der Waals surface area contributed by atoms with E-state index >= 15 is 0 Å². The number of hydrogen-bond donors (Lipinski definition) is 2. The summed E-state index contributed by atoms with van der Waals surface area (Å²) in [6, 6.07) is 13.1. The van der Waals surface area contributed by atoms with Crippen molar-refractivity contribution in [2.24, 2.45) is 0 Å². The molecule has 5 heteroatoms. The summed E-state index contributed by atoms with van der Waals surface area (Å²) in [6.07, 6.45) is 3.27. The smallest absolute Gasteiger partial charge is 0.313 e. The number of methoxy groups -OCH3 is 1. The quantitative estimate of drug-likeness (QED) is 0.849. The van der Waals surface area contributed by atoms with Crippen molar-refractivity contribution >= 4 is 17.5 Å². The number of ether oxygens (including phenoxy) is 1. The van der Waals surface area contributed by atoms with Crippen molar-refractivity contribution in [3.8, 4) is 5.75 Å². The zero-order valence-corrected chi connectivity index (χ0v) is 13.6. The molecule has 1 aliphatic rings. The molecule has 0 aliphatic heterocycles. The number of rotatable bonds is 4. The number of aryl methyl sites for hydroxylation is 2. The summed E-state index contributed by atoms with van der Waals surface area (Å²) in [4.78, 5) is 23.9. The van der Waals surface area contributed by atoms with Crippen molar-refractivity contribution in [3.05, 3.63) is 59.2 Å². The second-order valence-electron chi connectivity index (χ2n) is 5.82. The molecule has 0 heterocycles. The van der Waals surface area contributed by atoms with Crippen LogP contribution in [0.2, 0.25) is 0 Å². The average Bonchev–Trinajstić information content (AvgIpc) is 3.07. The topological polar surface area (TPSA) is 67.4 Å². The molecular weight excluding hydrogens is 304 g/mol. The second kappa shape index (κ2) is 7.17. The third kappa shape index (κ3) is 3.74. The number of anilines is 1. The Morgan fingerprint density at radius 2 is 1.75 bits per heavy atom. The van der Waals surface area contributed by atoms with Gasteiger partial charge in [0.15, 0.2) is 0 Å². The summed E-state index contributed by atoms with van der Waals surface area (Å²) in [5.74, 6) is -0.549. The lowest BCUT2D eigenvalue weighted by Gasteiger charge is -2.08. The van der Waals surface area contributed by atoms with Crippen LogP contribution in [0.3, 0.4) is 0 Å². The number of benzene rings is 2. The number of amides is 2. The van der Waals surface area contributed by atoms with Crippen molar-refractivity contribution in [3.63, 3.8) is 0 Å². The first-order valence-corrected chi connectivity index (χ1v) is 7.99. The Morgan fingerprint density at radius 1 is 1.00 bits per heavy atom. The van der Waals surface area contributed by atoms with Gasteiger partial charge in [-0.2, -0.15) is 0 Å². The van der Waals surface area contributed by atoms with Crippen molar-refractivity contribution in [1.29, 1.82) is 0 Å². The summed E-state index contributed by atoms with van der Waals surface area (Å²) in [7, 11) is 1.60. The van der Waals surface area contributed by atoms with Crippen LogP contribution in [0.1, 0.15) is 23.1 Å². The fraction of sp³-hybridized carbons (Fsp3) is 0.263. The minimum absolute atomic E-state index is 0.292. The average molecular weight is 324 g/mol. The van der Waals surface area contributed by atoms with Crippen LogP contribution in [-0.4, -0.2) is 18.9 Å². The van der Waals surface area contributed by atoms with Crippen molar-refractivity contribution < 1.29 is 14.3 Å². The molecule has 0 spiro atoms. The summed E-state index contributed by atoms with van der Waals surface area (Å²) in [5.41, 5.74) is 4.15. The first-order chi connectivity index (χ1) is 11.7. The Balaban J connectivity index is 1.53. The van der Waals surface area contributed by atoms with E-state index in [1.165, 1.54) is 11.1 Å². The number of nitrogens with one attached hydrogen (secondary N) is 2. The Labute approximate surface area is 141 Å². The molecule has 0 unspecified atom stereocenters. The van der Waals surface area contributed by atoms with Gasteiger partial charge < -0.3 is 15.4 Å². The molecule has 5 nitrogen and oxygen atoms in total. The van der Waals surface area contributed by atoms with Gasteiger partial charge in [0.05, 0.1) is 7.11 Å². The van der Waals surface area contributed by atoms with Gasteiger partial charge in [0.1, 0.15) is 5.75 Å². The molecule has 2 aromatic carbocycles. The third-order valence-corrected chi connectivity index (χ3v) is 4.17. The molecule has 1 aliphatic carbocycles. The third-order valence-electron chi connectivity index (χ3n) is 4.17. The maximum Gasteiger partial charge on any atom is 0.313 e. The first kappa shape index (κ1) is 16.1. The lowest BCUT2D eigenvalue weighted by atomic mass is 10.1. The van der Waals surface area contributed by atoms with Crippen LogP contribution >= 0.6 is 0 Å². The summed E-state index contributed by atoms with van der Waals surface area (Å²) in [6.45, 7) is 0.292. The van der Waals surface area contributed by atoms with E-state index in [0.29, 0.717) is 12.2 Å². The van der Waals surface area contributed by atoms with Crippen LogP contribution < -0.4 is 15.4 Å². The van der Waals surface area contributed by atoms with E-state index in [1.807, 2.05) is 42.5 Å². The maximum atomic E-state index is 12.0. The molecule has 2 N–H and O–H groups in total. The van der Waals surface area contributed by atoms with Gasteiger partial charge in [0.25, 0.3) is 0 Å². The molecule has 0 saturated heterocycles. The highest BCUT2D eigenvalue weighted by Gasteiger charge is 2.15. The number of carbonyl (C=O) groups excluding carboxylic acids is 2. The highest BCUT2D eigenvalue weighted by Crippen LogP contribution is 2.24. The maximum absolute atomic E-state index is 12.0. The highest BCUT2D eigenvalue weighted by molar-refractivity contribution is 6.39. The van der Waals surface area contributed by atoms with E-state index in [-0.39, 0.29) is 0 Å². The van der Waals surface area contributed by atoms with E-state index < -0.39 is 11.8 Å². The fourth-order valence-corrected chi connectivity index (χ4v) is 2.84. The van der Waals surface area contributed by atoms with Gasteiger partial charge in [-0.3, -0.25) is 9.59 Å². The molecule has 24 heavy (non-hydrogen) atoms. The standard InChI is InChI=1S/C19H20N2O3/c1-24-17-9-5-13(6-10-17)12-20-18(22)19(23)21-16-8-7-14-3-2-4-15(14)11-16/h5-11H,2-4,12H2,1H3,(H,20,22)(H,21,23). The molecule has 0 aromatic heterocycles. The molecule has 2 aromatic rings. The van der Waals surface area contributed by atoms with Crippen LogP contribution in [0.25, 0.3) is 0 Å². The number of fused-ring (bicyclic) bond motifs is 1. The molecule has 0 radical (unpaired) electrons. The predicted octanol–water partition coefficient (Wildman–Crippen LogP) is 2.44. The van der Waals surface area contributed by atoms with Crippen molar-refractivity contribution in [2.75, 3.05) is 12.4 Å². The predicted molar refractivity (Wildman–Crippen MR) is 91.9 cm³/mol. The Bertz CT molecular complexity index is 754. The van der Waals surface area contributed by atoms with Crippen LogP contribution in [0.5, 0.6) is 5.75 Å². The van der Waals surface area contributed by atoms with Gasteiger partial charge in [0, 0.05) is 12.2 Å². The van der Waals surface area contributed by atoms with Crippen LogP contribution in [-0.2, 0) is 29.0 Å². The molecular formula is C19H20N2O3. The minimum atomic E-state index is -0.651. The molecule has 0 bridgehead atoms. The summed E-state index contributed by atoms with van der Waals surface area (Å²) in [5, 5.41) is 5.27. The van der Waals surface area contributed by atoms with Crippen LogP contribution in [0, 0.1) is 0 Å². The lowest BCUT2D eigenvalue weighted by molar-refractivity contribution is -0.136. The molecule has 0 saturated carbocycles. The molecule has 2 amide bonds. The molecule has 124 valence electrons. The Hall–Kier alpha value is -2.82. The van der Waals surface area contributed by atoms with Gasteiger partial charge in [0.2, 0.25) is 0 Å². The summed E-state index contributed by atoms with van der Waals surface area (Å²) < 4.78 is 5.08. The van der Waals surface area contributed by atoms with E-state index in [0.717, 1.165) is 30.6 Å². The largest absolute Gasteiger partial charge is 0.497 e. The van der Waals surface area contributed by atoms with Crippen LogP contribution in [0.15, 0.2) is 42.5 Å². The lowest BCUT2D eigenvalue weighted by Crippen LogP contribution is -2.34. The first-order valence-electron chi connectivity index (χ1n) is 7.99. The Morgan fingerprint density at radius 3 is 2.50 bits per heavy atom. The normalized spacial score (nSPS) is 12.4. The zero-order valence-electron chi connectivity index (χ0n) is 13.6. The highest BCUT2D eigenvalue weighted by atomic mass is 16.5. The second-order valence-corrected chi connectivity index (χ2v) is 5.82. The van der Waals surface area contributed by atoms with Gasteiger partial charge >= 0.3 is 11.8 Å². The van der Waals surface area contributed by atoms with Gasteiger partial charge in [-0.05, 0) is 60.2 Å². The molecule has 0 atom stereocenters. The van der Waals surface area contributed by atoms with Gasteiger partial charge in [-0.25, -0.2) is 0 Å².